The fraction of sp³-hybridized carbons (Fsp3) is 0.667. The predicted molar refractivity (Wildman–Crippen MR) is 86.9 cm³/mol. The van der Waals surface area contributed by atoms with Gasteiger partial charge in [0.15, 0.2) is 0 Å². The van der Waals surface area contributed by atoms with E-state index in [9.17, 15) is 0 Å². The molecule has 1 aromatic rings. The van der Waals surface area contributed by atoms with Crippen LogP contribution in [-0.4, -0.2) is 43.2 Å². The second-order valence-electron chi connectivity index (χ2n) is 7.18. The Morgan fingerprint density at radius 3 is 2.57 bits per heavy atom. The molecule has 3 nitrogen and oxygen atoms in total. The maximum absolute atomic E-state index is 5.23. The zero-order chi connectivity index (χ0) is 14.9. The van der Waals surface area contributed by atoms with Crippen LogP contribution in [0.1, 0.15) is 32.3 Å². The van der Waals surface area contributed by atoms with Crippen LogP contribution in [0.25, 0.3) is 0 Å². The summed E-state index contributed by atoms with van der Waals surface area (Å²) in [6.07, 6.45) is 3.96. The van der Waals surface area contributed by atoms with Crippen molar-refractivity contribution < 1.29 is 4.74 Å². The molecule has 0 radical (unpaired) electrons. The molecule has 0 amide bonds. The summed E-state index contributed by atoms with van der Waals surface area (Å²) >= 11 is 0. The summed E-state index contributed by atoms with van der Waals surface area (Å²) < 4.78 is 5.23. The van der Waals surface area contributed by atoms with Crippen molar-refractivity contribution >= 4 is 0 Å². The lowest BCUT2D eigenvalue weighted by atomic mass is 9.95. The molecule has 3 rings (SSSR count). The van der Waals surface area contributed by atoms with Crippen LogP contribution in [0.2, 0.25) is 0 Å². The van der Waals surface area contributed by atoms with Crippen molar-refractivity contribution in [2.75, 3.05) is 26.7 Å². The topological polar surface area (TPSA) is 24.5 Å². The lowest BCUT2D eigenvalue weighted by molar-refractivity contribution is 0.0619. The van der Waals surface area contributed by atoms with E-state index in [1.807, 2.05) is 0 Å². The summed E-state index contributed by atoms with van der Waals surface area (Å²) in [7, 11) is 1.72. The minimum atomic E-state index is 0.262. The van der Waals surface area contributed by atoms with Gasteiger partial charge in [0.25, 0.3) is 0 Å². The highest BCUT2D eigenvalue weighted by atomic mass is 16.5. The van der Waals surface area contributed by atoms with Gasteiger partial charge in [-0.1, -0.05) is 12.1 Å². The Balaban J connectivity index is 1.58. The van der Waals surface area contributed by atoms with E-state index < -0.39 is 0 Å². The van der Waals surface area contributed by atoms with Gasteiger partial charge in [0, 0.05) is 31.2 Å². The highest BCUT2D eigenvalue weighted by Crippen LogP contribution is 2.35. The molecular formula is C18H28N2O. The van der Waals surface area contributed by atoms with Crippen molar-refractivity contribution in [3.8, 4) is 5.75 Å². The van der Waals surface area contributed by atoms with Crippen LogP contribution >= 0.6 is 0 Å². The zero-order valence-electron chi connectivity index (χ0n) is 13.6. The minimum Gasteiger partial charge on any atom is -0.497 e. The van der Waals surface area contributed by atoms with Gasteiger partial charge in [-0.25, -0.2) is 0 Å². The molecule has 0 bridgehead atoms. The van der Waals surface area contributed by atoms with Crippen LogP contribution in [0.4, 0.5) is 0 Å². The van der Waals surface area contributed by atoms with Crippen LogP contribution < -0.4 is 10.1 Å². The Bertz CT molecular complexity index is 465. The van der Waals surface area contributed by atoms with Crippen molar-refractivity contribution in [1.29, 1.82) is 0 Å². The summed E-state index contributed by atoms with van der Waals surface area (Å²) in [5.41, 5.74) is 1.66. The number of methoxy groups -OCH3 is 1. The van der Waals surface area contributed by atoms with Crippen molar-refractivity contribution in [2.24, 2.45) is 5.92 Å². The van der Waals surface area contributed by atoms with Crippen molar-refractivity contribution in [3.05, 3.63) is 29.8 Å². The van der Waals surface area contributed by atoms with E-state index in [4.69, 9.17) is 4.74 Å². The van der Waals surface area contributed by atoms with Crippen LogP contribution in [0, 0.1) is 5.92 Å². The Hall–Kier alpha value is -1.06. The van der Waals surface area contributed by atoms with Gasteiger partial charge in [-0.2, -0.15) is 0 Å². The molecule has 1 saturated heterocycles. The first kappa shape index (κ1) is 14.9. The lowest BCUT2D eigenvalue weighted by Crippen LogP contribution is -2.62. The van der Waals surface area contributed by atoms with Gasteiger partial charge in [-0.3, -0.25) is 4.90 Å². The maximum Gasteiger partial charge on any atom is 0.118 e. The molecule has 116 valence electrons. The summed E-state index contributed by atoms with van der Waals surface area (Å²) in [6, 6.07) is 9.21. The van der Waals surface area contributed by atoms with Gasteiger partial charge < -0.3 is 10.1 Å². The van der Waals surface area contributed by atoms with E-state index in [-0.39, 0.29) is 5.54 Å². The first-order valence-electron chi connectivity index (χ1n) is 8.20. The zero-order valence-corrected chi connectivity index (χ0v) is 13.6. The molecule has 1 aliphatic heterocycles. The average molecular weight is 288 g/mol. The number of benzene rings is 1. The summed E-state index contributed by atoms with van der Waals surface area (Å²) in [5, 5.41) is 3.76. The average Bonchev–Trinajstić information content (AvgIpc) is 3.31. The number of ether oxygens (including phenoxy) is 1. The Labute approximate surface area is 128 Å². The number of hydrogen-bond donors (Lipinski definition) is 1. The van der Waals surface area contributed by atoms with Gasteiger partial charge in [0.05, 0.1) is 7.11 Å². The van der Waals surface area contributed by atoms with E-state index in [0.717, 1.165) is 31.2 Å². The fourth-order valence-electron chi connectivity index (χ4n) is 3.31. The quantitative estimate of drug-likeness (QED) is 0.901. The molecule has 1 heterocycles. The van der Waals surface area contributed by atoms with E-state index in [1.165, 1.54) is 24.9 Å². The standard InChI is InChI=1S/C18H28N2O/c1-18(2)13-19-17(15-6-7-15)12-20(18)11-10-14-4-8-16(21-3)9-5-14/h4-5,8-9,15,17,19H,6-7,10-13H2,1-3H3. The smallest absolute Gasteiger partial charge is 0.118 e. The summed E-state index contributed by atoms with van der Waals surface area (Å²) in [4.78, 5) is 2.68. The number of nitrogens with one attached hydrogen (secondary N) is 1. The van der Waals surface area contributed by atoms with Crippen LogP contribution in [-0.2, 0) is 6.42 Å². The molecule has 1 aliphatic carbocycles. The number of piperazine rings is 1. The molecule has 1 atom stereocenters. The highest BCUT2D eigenvalue weighted by Gasteiger charge is 2.39. The monoisotopic (exact) mass is 288 g/mol. The maximum atomic E-state index is 5.23. The van der Waals surface area contributed by atoms with E-state index >= 15 is 0 Å². The molecule has 2 aliphatic rings. The van der Waals surface area contributed by atoms with Gasteiger partial charge in [-0.05, 0) is 56.7 Å². The van der Waals surface area contributed by atoms with E-state index in [2.05, 4.69) is 48.3 Å². The van der Waals surface area contributed by atoms with E-state index in [0.29, 0.717) is 6.04 Å². The number of hydrogen-bond acceptors (Lipinski definition) is 3. The first-order chi connectivity index (χ1) is 10.1. The Morgan fingerprint density at radius 1 is 1.24 bits per heavy atom. The normalized spacial score (nSPS) is 25.8. The third-order valence-electron chi connectivity index (χ3n) is 5.09. The van der Waals surface area contributed by atoms with Gasteiger partial charge in [0.2, 0.25) is 0 Å². The molecule has 3 heteroatoms. The molecule has 1 N–H and O–H groups in total. The number of rotatable bonds is 5. The second kappa shape index (κ2) is 5.98. The minimum absolute atomic E-state index is 0.262. The van der Waals surface area contributed by atoms with Crippen LogP contribution in [0.3, 0.4) is 0 Å². The third kappa shape index (κ3) is 3.58. The molecule has 1 aromatic carbocycles. The van der Waals surface area contributed by atoms with Crippen LogP contribution in [0.15, 0.2) is 24.3 Å². The van der Waals surface area contributed by atoms with Crippen molar-refractivity contribution in [2.45, 2.75) is 44.7 Å². The van der Waals surface area contributed by atoms with Gasteiger partial charge in [-0.15, -0.1) is 0 Å². The SMILES string of the molecule is COc1ccc(CCN2CC(C3CC3)NCC2(C)C)cc1. The fourth-order valence-corrected chi connectivity index (χ4v) is 3.31. The lowest BCUT2D eigenvalue weighted by Gasteiger charge is -2.46. The summed E-state index contributed by atoms with van der Waals surface area (Å²) in [6.45, 7) is 8.17. The molecule has 2 fully saturated rings. The Morgan fingerprint density at radius 2 is 1.95 bits per heavy atom. The van der Waals surface area contributed by atoms with Crippen LogP contribution in [0.5, 0.6) is 5.75 Å². The first-order valence-corrected chi connectivity index (χ1v) is 8.20. The highest BCUT2D eigenvalue weighted by molar-refractivity contribution is 5.27. The van der Waals surface area contributed by atoms with Gasteiger partial charge in [0.1, 0.15) is 5.75 Å². The molecule has 1 unspecified atom stereocenters. The molecule has 1 saturated carbocycles. The molecule has 0 aromatic heterocycles. The largest absolute Gasteiger partial charge is 0.497 e. The van der Waals surface area contributed by atoms with Crippen molar-refractivity contribution in [1.82, 2.24) is 10.2 Å². The Kier molecular flexibility index (Phi) is 4.23. The predicted octanol–water partition coefficient (Wildman–Crippen LogP) is 2.70. The van der Waals surface area contributed by atoms with Gasteiger partial charge >= 0.3 is 0 Å². The third-order valence-corrected chi connectivity index (χ3v) is 5.09. The summed E-state index contributed by atoms with van der Waals surface area (Å²) in [5.74, 6) is 1.87. The molecule has 0 spiro atoms. The number of nitrogens with zero attached hydrogens (tertiary/aromatic N) is 1. The second-order valence-corrected chi connectivity index (χ2v) is 7.18. The van der Waals surface area contributed by atoms with E-state index in [1.54, 1.807) is 7.11 Å². The van der Waals surface area contributed by atoms with Crippen molar-refractivity contribution in [3.63, 3.8) is 0 Å². The molecular weight excluding hydrogens is 260 g/mol. The molecule has 21 heavy (non-hydrogen) atoms.